The molecule has 2 bridgehead atoms. The summed E-state index contributed by atoms with van der Waals surface area (Å²) in [5.41, 5.74) is -2.77. The summed E-state index contributed by atoms with van der Waals surface area (Å²) in [5, 5.41) is 19.1. The Bertz CT molecular complexity index is 1450. The molecule has 2 aromatic carbocycles. The number of aryl methyl sites for hydroxylation is 1. The van der Waals surface area contributed by atoms with Gasteiger partial charge in [0.2, 0.25) is 11.6 Å². The summed E-state index contributed by atoms with van der Waals surface area (Å²) < 4.78 is 55.7. The van der Waals surface area contributed by atoms with Gasteiger partial charge in [-0.25, -0.2) is 4.39 Å². The van der Waals surface area contributed by atoms with Crippen molar-refractivity contribution in [1.29, 1.82) is 5.26 Å². The Labute approximate surface area is 242 Å². The fourth-order valence-electron chi connectivity index (χ4n) is 8.46. The highest BCUT2D eigenvalue weighted by Gasteiger charge is 2.60. The predicted molar refractivity (Wildman–Crippen MR) is 146 cm³/mol. The van der Waals surface area contributed by atoms with Crippen molar-refractivity contribution in [1.82, 2.24) is 4.90 Å². The molecule has 7 rings (SSSR count). The molecule has 5 aliphatic rings. The minimum absolute atomic E-state index is 0.0707. The van der Waals surface area contributed by atoms with Crippen LogP contribution in [0.15, 0.2) is 42.5 Å². The third-order valence-corrected chi connectivity index (χ3v) is 11.2. The average Bonchev–Trinajstić information content (AvgIpc) is 3.36. The first kappa shape index (κ1) is 28.7. The molecule has 0 radical (unpaired) electrons. The van der Waals surface area contributed by atoms with Crippen molar-refractivity contribution in [3.8, 4) is 6.07 Å². The zero-order valence-electron chi connectivity index (χ0n) is 23.6. The summed E-state index contributed by atoms with van der Waals surface area (Å²) in [6, 6.07) is 13.4. The van der Waals surface area contributed by atoms with Gasteiger partial charge in [-0.05, 0) is 106 Å². The number of alkyl halides is 4. The topological polar surface area (TPSA) is 81.4 Å². The number of aliphatic carboxylic acids is 1. The zero-order valence-corrected chi connectivity index (χ0v) is 23.6. The standard InChI is InChI=1S/C33H34F4N2O3/c1-29(34,33(35,36)37)24-7-8-25-23(18-24)6-9-26-32(25,19-21-2-4-22(20-38)5-3-21)16-17-39(26)27(40)30-10-13-31(14-11-30,15-12-30)28(41)42/h2-5,7-8,18,26H,6,9-17,19H2,1H3,(H,41,42). The van der Waals surface area contributed by atoms with Crippen LogP contribution >= 0.6 is 0 Å². The van der Waals surface area contributed by atoms with Crippen LogP contribution in [0.3, 0.4) is 0 Å². The maximum atomic E-state index is 15.0. The second kappa shape index (κ2) is 9.55. The Morgan fingerprint density at radius 1 is 0.976 bits per heavy atom. The number of rotatable bonds is 5. The fraction of sp³-hybridized carbons (Fsp3) is 0.545. The van der Waals surface area contributed by atoms with Crippen molar-refractivity contribution < 1.29 is 32.3 Å². The van der Waals surface area contributed by atoms with Gasteiger partial charge in [0.15, 0.2) is 0 Å². The number of nitrogens with zero attached hydrogens (tertiary/aromatic N) is 2. The van der Waals surface area contributed by atoms with Crippen LogP contribution in [0.5, 0.6) is 0 Å². The average molecular weight is 583 g/mol. The third-order valence-electron chi connectivity index (χ3n) is 11.2. The van der Waals surface area contributed by atoms with Crippen LogP contribution < -0.4 is 0 Å². The van der Waals surface area contributed by atoms with Crippen molar-refractivity contribution >= 4 is 11.9 Å². The van der Waals surface area contributed by atoms with Gasteiger partial charge in [-0.3, -0.25) is 9.59 Å². The third kappa shape index (κ3) is 4.16. The van der Waals surface area contributed by atoms with Crippen LogP contribution in [0, 0.1) is 22.2 Å². The lowest BCUT2D eigenvalue weighted by Crippen LogP contribution is -2.56. The van der Waals surface area contributed by atoms with E-state index >= 15 is 0 Å². The number of carbonyl (C=O) groups excluding carboxylic acids is 1. The Morgan fingerprint density at radius 3 is 2.17 bits per heavy atom. The molecule has 5 nitrogen and oxygen atoms in total. The molecule has 3 saturated carbocycles. The van der Waals surface area contributed by atoms with Crippen molar-refractivity contribution in [3.63, 3.8) is 0 Å². The van der Waals surface area contributed by atoms with Gasteiger partial charge in [0.05, 0.1) is 17.0 Å². The van der Waals surface area contributed by atoms with Gasteiger partial charge in [0.25, 0.3) is 0 Å². The maximum absolute atomic E-state index is 15.0. The SMILES string of the molecule is CC(F)(c1ccc2c(c1)CCC1N(C(=O)C34CCC(C(=O)O)(CC3)CC4)CCC21Cc1ccc(C#N)cc1)C(F)(F)F. The highest BCUT2D eigenvalue weighted by molar-refractivity contribution is 5.86. The second-order valence-corrected chi connectivity index (χ2v) is 13.2. The highest BCUT2D eigenvalue weighted by atomic mass is 19.4. The Kier molecular flexibility index (Phi) is 6.53. The molecule has 1 saturated heterocycles. The van der Waals surface area contributed by atoms with Gasteiger partial charge in [0, 0.05) is 23.4 Å². The molecule has 1 heterocycles. The largest absolute Gasteiger partial charge is 0.481 e. The van der Waals surface area contributed by atoms with E-state index in [2.05, 4.69) is 6.07 Å². The number of amides is 1. The molecule has 1 aliphatic heterocycles. The van der Waals surface area contributed by atoms with E-state index in [9.17, 15) is 37.5 Å². The molecular weight excluding hydrogens is 548 g/mol. The number of carboxylic acid groups (broad SMARTS) is 1. The smallest absolute Gasteiger partial charge is 0.426 e. The van der Waals surface area contributed by atoms with Crippen LogP contribution in [-0.2, 0) is 33.5 Å². The quantitative estimate of drug-likeness (QED) is 0.395. The van der Waals surface area contributed by atoms with E-state index in [1.54, 1.807) is 18.2 Å². The van der Waals surface area contributed by atoms with Gasteiger partial charge in [-0.2, -0.15) is 18.4 Å². The van der Waals surface area contributed by atoms with E-state index in [1.165, 1.54) is 12.1 Å². The van der Waals surface area contributed by atoms with Crippen molar-refractivity contribution in [2.75, 3.05) is 6.54 Å². The van der Waals surface area contributed by atoms with Crippen LogP contribution in [-0.4, -0.2) is 40.6 Å². The summed E-state index contributed by atoms with van der Waals surface area (Å²) in [6.45, 7) is 1.05. The molecule has 1 N–H and O–H groups in total. The molecule has 4 fully saturated rings. The number of hydrogen-bond donors (Lipinski definition) is 1. The van der Waals surface area contributed by atoms with Crippen molar-refractivity contribution in [3.05, 3.63) is 70.3 Å². The predicted octanol–water partition coefficient (Wildman–Crippen LogP) is 6.76. The highest BCUT2D eigenvalue weighted by Crippen LogP contribution is 2.59. The molecular formula is C33H34F4N2O3. The maximum Gasteiger partial charge on any atom is 0.426 e. The number of fused-ring (bicyclic) bond motifs is 6. The monoisotopic (exact) mass is 582 g/mol. The lowest BCUT2D eigenvalue weighted by Gasteiger charge is -2.52. The van der Waals surface area contributed by atoms with Gasteiger partial charge in [-0.15, -0.1) is 0 Å². The molecule has 4 aliphatic carbocycles. The van der Waals surface area contributed by atoms with E-state index < -0.39 is 39.6 Å². The first-order chi connectivity index (χ1) is 19.8. The van der Waals surface area contributed by atoms with Gasteiger partial charge < -0.3 is 10.0 Å². The Morgan fingerprint density at radius 2 is 1.60 bits per heavy atom. The summed E-state index contributed by atoms with van der Waals surface area (Å²) in [7, 11) is 0. The second-order valence-electron chi connectivity index (χ2n) is 13.2. The van der Waals surface area contributed by atoms with Gasteiger partial charge in [-0.1, -0.05) is 30.3 Å². The van der Waals surface area contributed by atoms with Crippen LogP contribution in [0.4, 0.5) is 17.6 Å². The summed E-state index contributed by atoms with van der Waals surface area (Å²) in [6.07, 6.45) is 0.202. The van der Waals surface area contributed by atoms with Crippen LogP contribution in [0.25, 0.3) is 0 Å². The number of carboxylic acids is 1. The molecule has 0 aromatic heterocycles. The van der Waals surface area contributed by atoms with Gasteiger partial charge >= 0.3 is 12.1 Å². The molecule has 3 unspecified atom stereocenters. The number of likely N-dealkylation sites (tertiary alicyclic amines) is 1. The molecule has 222 valence electrons. The first-order valence-electron chi connectivity index (χ1n) is 14.7. The first-order valence-corrected chi connectivity index (χ1v) is 14.7. The van der Waals surface area contributed by atoms with E-state index in [0.29, 0.717) is 88.8 Å². The number of nitriles is 1. The summed E-state index contributed by atoms with van der Waals surface area (Å²) in [5.74, 6) is -0.703. The number of carbonyl (C=O) groups is 2. The molecule has 3 atom stereocenters. The molecule has 42 heavy (non-hydrogen) atoms. The summed E-state index contributed by atoms with van der Waals surface area (Å²) >= 11 is 0. The van der Waals surface area contributed by atoms with Crippen LogP contribution in [0.2, 0.25) is 0 Å². The van der Waals surface area contributed by atoms with E-state index in [1.807, 2.05) is 17.0 Å². The molecule has 0 spiro atoms. The zero-order chi connectivity index (χ0) is 30.1. The van der Waals surface area contributed by atoms with E-state index in [4.69, 9.17) is 0 Å². The Hall–Kier alpha value is -3.41. The van der Waals surface area contributed by atoms with Crippen molar-refractivity contribution in [2.45, 2.75) is 94.4 Å². The van der Waals surface area contributed by atoms with Crippen molar-refractivity contribution in [2.24, 2.45) is 10.8 Å². The van der Waals surface area contributed by atoms with Gasteiger partial charge in [0.1, 0.15) is 0 Å². The lowest BCUT2D eigenvalue weighted by atomic mass is 9.53. The normalized spacial score (nSPS) is 31.5. The number of hydrogen-bond acceptors (Lipinski definition) is 3. The number of benzene rings is 2. The molecule has 9 heteroatoms. The molecule has 2 aromatic rings. The van der Waals surface area contributed by atoms with E-state index in [-0.39, 0.29) is 11.9 Å². The number of halogens is 4. The van der Waals surface area contributed by atoms with E-state index in [0.717, 1.165) is 11.1 Å². The summed E-state index contributed by atoms with van der Waals surface area (Å²) in [4.78, 5) is 28.3. The lowest BCUT2D eigenvalue weighted by molar-refractivity contribution is -0.228. The minimum atomic E-state index is -5.05. The minimum Gasteiger partial charge on any atom is -0.481 e. The Balaban J connectivity index is 1.37. The fourth-order valence-corrected chi connectivity index (χ4v) is 8.46. The van der Waals surface area contributed by atoms with Crippen LogP contribution in [0.1, 0.15) is 86.1 Å². The molecule has 1 amide bonds.